The Labute approximate surface area is 112 Å². The monoisotopic (exact) mass is 249 g/mol. The van der Waals surface area contributed by atoms with Gasteiger partial charge in [0.2, 0.25) is 5.91 Å². The molecule has 2 nitrogen and oxygen atoms in total. The van der Waals surface area contributed by atoms with Crippen LogP contribution in [0.4, 0.5) is 5.69 Å². The van der Waals surface area contributed by atoms with Gasteiger partial charge in [0.15, 0.2) is 0 Å². The van der Waals surface area contributed by atoms with Gasteiger partial charge in [-0.05, 0) is 40.8 Å². The van der Waals surface area contributed by atoms with Crippen LogP contribution < -0.4 is 5.32 Å². The van der Waals surface area contributed by atoms with Crippen LogP contribution in [0, 0.1) is 0 Å². The zero-order chi connectivity index (χ0) is 13.2. The van der Waals surface area contributed by atoms with Gasteiger partial charge in [0.1, 0.15) is 0 Å². The lowest BCUT2D eigenvalue weighted by molar-refractivity contribution is -0.114. The quantitative estimate of drug-likeness (QED) is 0.863. The number of hydrogen-bond donors (Lipinski definition) is 1. The number of carbonyl (C=O) groups is 1. The lowest BCUT2D eigenvalue weighted by Crippen LogP contribution is -2.05. The number of carbonyl (C=O) groups excluding carboxylic acids is 1. The number of nitrogens with one attached hydrogen (secondary N) is 1. The molecule has 0 aliphatic heterocycles. The third-order valence-corrected chi connectivity index (χ3v) is 3.34. The van der Waals surface area contributed by atoms with Crippen LogP contribution in [0.2, 0.25) is 0 Å². The van der Waals surface area contributed by atoms with Crippen LogP contribution in [0.15, 0.2) is 48.5 Å². The summed E-state index contributed by atoms with van der Waals surface area (Å²) in [6.07, 6.45) is 3.22. The second-order valence-electron chi connectivity index (χ2n) is 4.80. The molecule has 1 aliphatic rings. The molecule has 0 saturated carbocycles. The predicted molar refractivity (Wildman–Crippen MR) is 78.8 cm³/mol. The molecule has 94 valence electrons. The Balaban J connectivity index is 1.83. The van der Waals surface area contributed by atoms with Gasteiger partial charge in [0.05, 0.1) is 0 Å². The van der Waals surface area contributed by atoms with Crippen LogP contribution in [0.5, 0.6) is 0 Å². The molecule has 19 heavy (non-hydrogen) atoms. The van der Waals surface area contributed by atoms with Gasteiger partial charge >= 0.3 is 0 Å². The average Bonchev–Trinajstić information content (AvgIpc) is 2.82. The second kappa shape index (κ2) is 4.73. The number of fused-ring (bicyclic) bond motifs is 1. The molecule has 1 aliphatic carbocycles. The van der Waals surface area contributed by atoms with Crippen molar-refractivity contribution in [1.29, 1.82) is 0 Å². The summed E-state index contributed by atoms with van der Waals surface area (Å²) in [4.78, 5) is 11.0. The minimum absolute atomic E-state index is 0.0414. The van der Waals surface area contributed by atoms with Gasteiger partial charge in [0.25, 0.3) is 0 Å². The number of rotatable bonds is 2. The molecule has 2 aromatic carbocycles. The van der Waals surface area contributed by atoms with Gasteiger partial charge in [-0.25, -0.2) is 0 Å². The van der Waals surface area contributed by atoms with Crippen molar-refractivity contribution in [2.24, 2.45) is 0 Å². The van der Waals surface area contributed by atoms with Gasteiger partial charge in [-0.3, -0.25) is 4.79 Å². The van der Waals surface area contributed by atoms with Crippen molar-refractivity contribution in [3.8, 4) is 0 Å². The van der Waals surface area contributed by atoms with E-state index in [2.05, 4.69) is 47.8 Å². The number of amides is 1. The van der Waals surface area contributed by atoms with Crippen LogP contribution >= 0.6 is 0 Å². The fourth-order valence-corrected chi connectivity index (χ4v) is 2.44. The molecule has 2 heteroatoms. The van der Waals surface area contributed by atoms with E-state index in [0.717, 1.165) is 12.1 Å². The summed E-state index contributed by atoms with van der Waals surface area (Å²) in [5, 5.41) is 2.78. The highest BCUT2D eigenvalue weighted by atomic mass is 16.1. The summed E-state index contributed by atoms with van der Waals surface area (Å²) in [6.45, 7) is 1.52. The molecule has 0 atom stereocenters. The number of hydrogen-bond acceptors (Lipinski definition) is 1. The van der Waals surface area contributed by atoms with Crippen molar-refractivity contribution >= 4 is 23.2 Å². The Bertz CT molecular complexity index is 653. The highest BCUT2D eigenvalue weighted by Crippen LogP contribution is 2.31. The molecule has 1 N–H and O–H groups in total. The fourth-order valence-electron chi connectivity index (χ4n) is 2.44. The third kappa shape index (κ3) is 2.43. The van der Waals surface area contributed by atoms with Gasteiger partial charge < -0.3 is 5.32 Å². The van der Waals surface area contributed by atoms with Gasteiger partial charge in [0, 0.05) is 12.6 Å². The minimum Gasteiger partial charge on any atom is -0.326 e. The summed E-state index contributed by atoms with van der Waals surface area (Å²) >= 11 is 0. The lowest BCUT2D eigenvalue weighted by atomic mass is 10.0. The van der Waals surface area contributed by atoms with Crippen molar-refractivity contribution in [3.63, 3.8) is 0 Å². The van der Waals surface area contributed by atoms with Gasteiger partial charge in [-0.15, -0.1) is 0 Å². The Hall–Kier alpha value is -2.35. The molecular formula is C17H15NO. The second-order valence-corrected chi connectivity index (χ2v) is 4.80. The molecule has 3 rings (SSSR count). The maximum atomic E-state index is 11.0. The van der Waals surface area contributed by atoms with Crippen molar-refractivity contribution in [2.45, 2.75) is 13.3 Å². The van der Waals surface area contributed by atoms with E-state index in [4.69, 9.17) is 0 Å². The zero-order valence-electron chi connectivity index (χ0n) is 10.8. The average molecular weight is 249 g/mol. The van der Waals surface area contributed by atoms with E-state index in [0.29, 0.717) is 0 Å². The molecule has 2 aromatic rings. The number of benzene rings is 2. The van der Waals surface area contributed by atoms with Crippen molar-refractivity contribution in [2.75, 3.05) is 5.32 Å². The predicted octanol–water partition coefficient (Wildman–Crippen LogP) is 3.74. The molecule has 0 unspecified atom stereocenters. The first kappa shape index (κ1) is 11.7. The first-order chi connectivity index (χ1) is 9.22. The van der Waals surface area contributed by atoms with Crippen LogP contribution in [-0.4, -0.2) is 5.91 Å². The van der Waals surface area contributed by atoms with Crippen LogP contribution in [-0.2, 0) is 11.2 Å². The Morgan fingerprint density at radius 1 is 1.05 bits per heavy atom. The first-order valence-corrected chi connectivity index (χ1v) is 6.39. The molecule has 0 saturated heterocycles. The summed E-state index contributed by atoms with van der Waals surface area (Å²) in [6, 6.07) is 16.5. The molecule has 1 amide bonds. The topological polar surface area (TPSA) is 29.1 Å². The number of anilines is 1. The molecule has 0 aromatic heterocycles. The van der Waals surface area contributed by atoms with Crippen LogP contribution in [0.1, 0.15) is 23.6 Å². The molecule has 0 bridgehead atoms. The highest BCUT2D eigenvalue weighted by Gasteiger charge is 2.13. The van der Waals surface area contributed by atoms with E-state index in [1.54, 1.807) is 0 Å². The van der Waals surface area contributed by atoms with Crippen molar-refractivity contribution in [1.82, 2.24) is 0 Å². The molecule has 0 radical (unpaired) electrons. The maximum absolute atomic E-state index is 11.0. The minimum atomic E-state index is -0.0414. The van der Waals surface area contributed by atoms with Gasteiger partial charge in [-0.1, -0.05) is 42.5 Å². The summed E-state index contributed by atoms with van der Waals surface area (Å²) in [7, 11) is 0. The molecule has 0 heterocycles. The normalized spacial score (nSPS) is 12.8. The van der Waals surface area contributed by atoms with Crippen LogP contribution in [0.25, 0.3) is 11.6 Å². The van der Waals surface area contributed by atoms with Crippen molar-refractivity contribution < 1.29 is 4.79 Å². The molecule has 0 spiro atoms. The van der Waals surface area contributed by atoms with E-state index < -0.39 is 0 Å². The summed E-state index contributed by atoms with van der Waals surface area (Å²) in [5.74, 6) is -0.0414. The van der Waals surface area contributed by atoms with E-state index in [-0.39, 0.29) is 5.91 Å². The van der Waals surface area contributed by atoms with Crippen molar-refractivity contribution in [3.05, 3.63) is 65.2 Å². The standard InChI is InChI=1S/C17H15NO/c1-12(19)18-17-8-6-13(7-9-17)16-10-14-4-2-3-5-15(14)11-16/h2-10H,11H2,1H3,(H,18,19). The van der Waals surface area contributed by atoms with E-state index in [1.807, 2.05) is 12.1 Å². The SMILES string of the molecule is CC(=O)Nc1ccc(C2=Cc3ccccc3C2)cc1. The summed E-state index contributed by atoms with van der Waals surface area (Å²) in [5.41, 5.74) is 6.07. The Morgan fingerprint density at radius 3 is 2.47 bits per heavy atom. The number of allylic oxidation sites excluding steroid dienone is 1. The van der Waals surface area contributed by atoms with E-state index in [1.165, 1.54) is 29.2 Å². The van der Waals surface area contributed by atoms with Gasteiger partial charge in [-0.2, -0.15) is 0 Å². The third-order valence-electron chi connectivity index (χ3n) is 3.34. The summed E-state index contributed by atoms with van der Waals surface area (Å²) < 4.78 is 0. The highest BCUT2D eigenvalue weighted by molar-refractivity contribution is 5.91. The maximum Gasteiger partial charge on any atom is 0.221 e. The molecule has 0 fully saturated rings. The van der Waals surface area contributed by atoms with E-state index in [9.17, 15) is 4.79 Å². The fraction of sp³-hybridized carbons (Fsp3) is 0.118. The Morgan fingerprint density at radius 2 is 1.79 bits per heavy atom. The first-order valence-electron chi connectivity index (χ1n) is 6.39. The molecular weight excluding hydrogens is 234 g/mol. The van der Waals surface area contributed by atoms with E-state index >= 15 is 0 Å². The largest absolute Gasteiger partial charge is 0.326 e. The van der Waals surface area contributed by atoms with Crippen LogP contribution in [0.3, 0.4) is 0 Å². The Kier molecular flexibility index (Phi) is 2.92. The lowest BCUT2D eigenvalue weighted by Gasteiger charge is -2.05. The smallest absolute Gasteiger partial charge is 0.221 e. The zero-order valence-corrected chi connectivity index (χ0v) is 10.8.